The van der Waals surface area contributed by atoms with Crippen molar-refractivity contribution >= 4 is 17.7 Å². The minimum absolute atomic E-state index is 0.0149. The zero-order chi connectivity index (χ0) is 14.7. The number of thioether (sulfide) groups is 1. The van der Waals surface area contributed by atoms with Crippen LogP contribution in [0.3, 0.4) is 0 Å². The molecular formula is C12H12F2N4OS. The van der Waals surface area contributed by atoms with E-state index < -0.39 is 17.5 Å². The Bertz CT molecular complexity index is 644. The van der Waals surface area contributed by atoms with E-state index in [2.05, 4.69) is 10.2 Å². The molecule has 0 unspecified atom stereocenters. The molecule has 0 spiro atoms. The molecule has 0 saturated heterocycles. The molecule has 1 amide bonds. The number of carbonyl (C=O) groups is 1. The van der Waals surface area contributed by atoms with Crippen LogP contribution in [0.25, 0.3) is 0 Å². The molecule has 0 aliphatic carbocycles. The van der Waals surface area contributed by atoms with Crippen LogP contribution in [0.15, 0.2) is 23.4 Å². The fourth-order valence-electron chi connectivity index (χ4n) is 1.58. The lowest BCUT2D eigenvalue weighted by Gasteiger charge is -2.06. The van der Waals surface area contributed by atoms with Gasteiger partial charge >= 0.3 is 0 Å². The number of halogens is 2. The quantitative estimate of drug-likeness (QED) is 0.852. The summed E-state index contributed by atoms with van der Waals surface area (Å²) in [5, 5.41) is 8.29. The first-order valence-corrected chi connectivity index (χ1v) is 6.70. The highest BCUT2D eigenvalue weighted by molar-refractivity contribution is 7.98. The average Bonchev–Trinajstić information content (AvgIpc) is 2.72. The summed E-state index contributed by atoms with van der Waals surface area (Å²) in [5.74, 6) is -1.32. The van der Waals surface area contributed by atoms with Crippen LogP contribution in [0.2, 0.25) is 0 Å². The molecule has 0 bridgehead atoms. The second-order valence-corrected chi connectivity index (χ2v) is 5.06. The predicted molar refractivity (Wildman–Crippen MR) is 69.9 cm³/mol. The Labute approximate surface area is 118 Å². The van der Waals surface area contributed by atoms with Crippen LogP contribution in [0.1, 0.15) is 11.4 Å². The van der Waals surface area contributed by atoms with E-state index in [-0.39, 0.29) is 6.54 Å². The molecule has 8 heteroatoms. The first-order valence-electron chi connectivity index (χ1n) is 5.72. The van der Waals surface area contributed by atoms with Gasteiger partial charge in [-0.05, 0) is 24.6 Å². The van der Waals surface area contributed by atoms with Crippen molar-refractivity contribution in [3.8, 4) is 0 Å². The molecule has 1 aromatic heterocycles. The third-order valence-electron chi connectivity index (χ3n) is 2.57. The zero-order valence-corrected chi connectivity index (χ0v) is 11.5. The number of amides is 1. The van der Waals surface area contributed by atoms with Crippen molar-refractivity contribution in [3.63, 3.8) is 0 Å². The first kappa shape index (κ1) is 14.4. The molecule has 2 rings (SSSR count). The van der Waals surface area contributed by atoms with Crippen LogP contribution in [0.5, 0.6) is 0 Å². The van der Waals surface area contributed by atoms with E-state index in [1.807, 2.05) is 0 Å². The summed E-state index contributed by atoms with van der Waals surface area (Å²) in [4.78, 5) is 11.0. The smallest absolute Gasteiger partial charge is 0.237 e. The number of aryl methyl sites for hydroxylation is 1. The zero-order valence-electron chi connectivity index (χ0n) is 10.6. The number of aromatic nitrogens is 3. The Morgan fingerprint density at radius 1 is 1.35 bits per heavy atom. The van der Waals surface area contributed by atoms with Crippen LogP contribution in [0.4, 0.5) is 8.78 Å². The molecule has 0 fully saturated rings. The number of carbonyl (C=O) groups excluding carboxylic acids is 1. The third-order valence-corrected chi connectivity index (χ3v) is 3.61. The van der Waals surface area contributed by atoms with E-state index in [0.29, 0.717) is 22.3 Å². The largest absolute Gasteiger partial charge is 0.368 e. The molecule has 0 radical (unpaired) electrons. The van der Waals surface area contributed by atoms with Gasteiger partial charge in [-0.15, -0.1) is 10.2 Å². The van der Waals surface area contributed by atoms with Gasteiger partial charge in [0, 0.05) is 5.75 Å². The van der Waals surface area contributed by atoms with Crippen molar-refractivity contribution in [2.75, 3.05) is 0 Å². The summed E-state index contributed by atoms with van der Waals surface area (Å²) in [7, 11) is 0. The maximum Gasteiger partial charge on any atom is 0.237 e. The fourth-order valence-corrected chi connectivity index (χ4v) is 2.51. The summed E-state index contributed by atoms with van der Waals surface area (Å²) >= 11 is 1.27. The monoisotopic (exact) mass is 298 g/mol. The number of hydrogen-bond acceptors (Lipinski definition) is 4. The normalized spacial score (nSPS) is 10.8. The lowest BCUT2D eigenvalue weighted by atomic mass is 10.2. The third kappa shape index (κ3) is 3.32. The number of nitrogens with two attached hydrogens (primary N) is 1. The molecule has 2 aromatic rings. The van der Waals surface area contributed by atoms with Gasteiger partial charge in [0.15, 0.2) is 16.8 Å². The summed E-state index contributed by atoms with van der Waals surface area (Å²) in [5.41, 5.74) is 5.76. The highest BCUT2D eigenvalue weighted by Gasteiger charge is 2.12. The molecule has 0 aliphatic heterocycles. The second-order valence-electron chi connectivity index (χ2n) is 4.12. The van der Waals surface area contributed by atoms with Crippen LogP contribution in [-0.2, 0) is 17.1 Å². The SMILES string of the molecule is Cc1nnc(SCc2ccc(F)c(F)c2)n1CC(N)=O. The highest BCUT2D eigenvalue weighted by Crippen LogP contribution is 2.22. The van der Waals surface area contributed by atoms with Crippen LogP contribution >= 0.6 is 11.8 Å². The van der Waals surface area contributed by atoms with E-state index in [4.69, 9.17) is 5.73 Å². The number of nitrogens with zero attached hydrogens (tertiary/aromatic N) is 3. The minimum atomic E-state index is -0.891. The van der Waals surface area contributed by atoms with Gasteiger partial charge in [0.25, 0.3) is 0 Å². The summed E-state index contributed by atoms with van der Waals surface area (Å²) in [6, 6.07) is 3.70. The first-order chi connectivity index (χ1) is 9.47. The molecule has 0 saturated carbocycles. The second kappa shape index (κ2) is 6.00. The fraction of sp³-hybridized carbons (Fsp3) is 0.250. The molecule has 20 heavy (non-hydrogen) atoms. The van der Waals surface area contributed by atoms with E-state index >= 15 is 0 Å². The van der Waals surface area contributed by atoms with Crippen LogP contribution in [0, 0.1) is 18.6 Å². The number of rotatable bonds is 5. The van der Waals surface area contributed by atoms with Gasteiger partial charge in [0.2, 0.25) is 5.91 Å². The van der Waals surface area contributed by atoms with Crippen molar-refractivity contribution in [2.45, 2.75) is 24.4 Å². The average molecular weight is 298 g/mol. The molecule has 1 heterocycles. The Morgan fingerprint density at radius 3 is 2.75 bits per heavy atom. The van der Waals surface area contributed by atoms with Gasteiger partial charge in [-0.2, -0.15) is 0 Å². The Kier molecular flexibility index (Phi) is 4.33. The van der Waals surface area contributed by atoms with Gasteiger partial charge in [-0.1, -0.05) is 17.8 Å². The van der Waals surface area contributed by atoms with Crippen LogP contribution < -0.4 is 5.73 Å². The summed E-state index contributed by atoms with van der Waals surface area (Å²) < 4.78 is 27.5. The topological polar surface area (TPSA) is 73.8 Å². The standard InChI is InChI=1S/C12H12F2N4OS/c1-7-16-17-12(18(7)5-11(15)19)20-6-8-2-3-9(13)10(14)4-8/h2-4H,5-6H2,1H3,(H2,15,19). The highest BCUT2D eigenvalue weighted by atomic mass is 32.2. The van der Waals surface area contributed by atoms with Crippen molar-refractivity contribution in [1.29, 1.82) is 0 Å². The van der Waals surface area contributed by atoms with E-state index in [1.54, 1.807) is 11.5 Å². The Hall–Kier alpha value is -1.96. The van der Waals surface area contributed by atoms with E-state index in [1.165, 1.54) is 17.8 Å². The van der Waals surface area contributed by atoms with Crippen molar-refractivity contribution < 1.29 is 13.6 Å². The summed E-state index contributed by atoms with van der Waals surface area (Å²) in [6.45, 7) is 1.69. The molecule has 2 N–H and O–H groups in total. The van der Waals surface area contributed by atoms with Crippen LogP contribution in [-0.4, -0.2) is 20.7 Å². The molecule has 1 aromatic carbocycles. The molecule has 0 aliphatic rings. The van der Waals surface area contributed by atoms with Crippen molar-refractivity contribution in [2.24, 2.45) is 5.73 Å². The molecule has 0 atom stereocenters. The molecular weight excluding hydrogens is 286 g/mol. The van der Waals surface area contributed by atoms with Gasteiger partial charge in [-0.3, -0.25) is 9.36 Å². The van der Waals surface area contributed by atoms with Crippen molar-refractivity contribution in [1.82, 2.24) is 14.8 Å². The Morgan fingerprint density at radius 2 is 2.10 bits per heavy atom. The number of primary amides is 1. The number of hydrogen-bond donors (Lipinski definition) is 1. The Balaban J connectivity index is 2.10. The van der Waals surface area contributed by atoms with Crippen molar-refractivity contribution in [3.05, 3.63) is 41.2 Å². The van der Waals surface area contributed by atoms with Gasteiger partial charge < -0.3 is 5.73 Å². The van der Waals surface area contributed by atoms with Gasteiger partial charge in [-0.25, -0.2) is 8.78 Å². The lowest BCUT2D eigenvalue weighted by Crippen LogP contribution is -2.20. The van der Waals surface area contributed by atoms with E-state index in [0.717, 1.165) is 12.1 Å². The molecule has 5 nitrogen and oxygen atoms in total. The molecule has 106 valence electrons. The van der Waals surface area contributed by atoms with Gasteiger partial charge in [0.1, 0.15) is 12.4 Å². The maximum absolute atomic E-state index is 13.1. The minimum Gasteiger partial charge on any atom is -0.368 e. The lowest BCUT2D eigenvalue weighted by molar-refractivity contribution is -0.118. The summed E-state index contributed by atoms with van der Waals surface area (Å²) in [6.07, 6.45) is 0. The van der Waals surface area contributed by atoms with Gasteiger partial charge in [0.05, 0.1) is 0 Å². The van der Waals surface area contributed by atoms with E-state index in [9.17, 15) is 13.6 Å². The maximum atomic E-state index is 13.1. The number of benzene rings is 1. The predicted octanol–water partition coefficient (Wildman–Crippen LogP) is 1.64.